The van der Waals surface area contributed by atoms with Crippen molar-refractivity contribution in [3.05, 3.63) is 87.9 Å². The highest BCUT2D eigenvalue weighted by molar-refractivity contribution is 6.41. The van der Waals surface area contributed by atoms with Crippen LogP contribution in [-0.4, -0.2) is 11.1 Å². The van der Waals surface area contributed by atoms with Crippen LogP contribution < -0.4 is 10.6 Å². The lowest BCUT2D eigenvalue weighted by Gasteiger charge is -2.14. The summed E-state index contributed by atoms with van der Waals surface area (Å²) in [6.45, 7) is 0. The highest BCUT2D eigenvalue weighted by atomic mass is 35.5. The molecule has 4 rings (SSSR count). The third kappa shape index (κ3) is 4.31. The highest BCUT2D eigenvalue weighted by Gasteiger charge is 2.14. The van der Waals surface area contributed by atoms with Crippen LogP contribution in [-0.2, 0) is 0 Å². The minimum absolute atomic E-state index is 0.0416. The number of fused-ring (bicyclic) bond motifs is 1. The van der Waals surface area contributed by atoms with Crippen molar-refractivity contribution in [3.8, 4) is 16.9 Å². The summed E-state index contributed by atoms with van der Waals surface area (Å²) in [5, 5.41) is 18.0. The van der Waals surface area contributed by atoms with Gasteiger partial charge in [0, 0.05) is 21.5 Å². The number of hydrogen-bond acceptors (Lipinski definition) is 2. The Hall–Kier alpha value is -2.92. The molecule has 4 aromatic rings. The summed E-state index contributed by atoms with van der Waals surface area (Å²) in [6.07, 6.45) is 0. The largest absolute Gasteiger partial charge is 0.508 e. The Morgan fingerprint density at radius 2 is 1.50 bits per heavy atom. The van der Waals surface area contributed by atoms with Crippen LogP contribution in [0.5, 0.6) is 5.75 Å². The molecule has 0 aromatic heterocycles. The molecule has 0 atom stereocenters. The van der Waals surface area contributed by atoms with Crippen LogP contribution in [0.2, 0.25) is 15.1 Å². The summed E-state index contributed by atoms with van der Waals surface area (Å²) < 4.78 is 0. The van der Waals surface area contributed by atoms with E-state index in [0.717, 1.165) is 11.1 Å². The minimum Gasteiger partial charge on any atom is -0.508 e. The van der Waals surface area contributed by atoms with Gasteiger partial charge in [0.15, 0.2) is 0 Å². The summed E-state index contributed by atoms with van der Waals surface area (Å²) in [4.78, 5) is 12.6. The Kier molecular flexibility index (Phi) is 5.73. The first kappa shape index (κ1) is 20.4. The number of rotatable bonds is 3. The minimum atomic E-state index is -0.475. The van der Waals surface area contributed by atoms with Gasteiger partial charge in [-0.15, -0.1) is 0 Å². The number of phenolic OH excluding ortho intramolecular Hbond substituents is 1. The van der Waals surface area contributed by atoms with E-state index in [-0.39, 0.29) is 10.8 Å². The number of amides is 2. The van der Waals surface area contributed by atoms with E-state index in [1.807, 2.05) is 42.5 Å². The van der Waals surface area contributed by atoms with Gasteiger partial charge in [-0.25, -0.2) is 4.79 Å². The number of phenols is 1. The van der Waals surface area contributed by atoms with Gasteiger partial charge in [0.05, 0.1) is 15.7 Å². The number of urea groups is 1. The molecule has 0 aliphatic rings. The summed E-state index contributed by atoms with van der Waals surface area (Å²) >= 11 is 18.5. The zero-order chi connectivity index (χ0) is 21.3. The lowest BCUT2D eigenvalue weighted by Crippen LogP contribution is -2.19. The second-order valence-corrected chi connectivity index (χ2v) is 7.86. The first-order valence-electron chi connectivity index (χ1n) is 8.95. The highest BCUT2D eigenvalue weighted by Crippen LogP contribution is 2.38. The molecule has 0 spiro atoms. The summed E-state index contributed by atoms with van der Waals surface area (Å²) in [5.41, 5.74) is 2.88. The molecular weight excluding hydrogens is 443 g/mol. The number of carbonyl (C=O) groups excluding carboxylic acids is 1. The fourth-order valence-corrected chi connectivity index (χ4v) is 3.87. The van der Waals surface area contributed by atoms with Crippen LogP contribution in [0.3, 0.4) is 0 Å². The Balaban J connectivity index is 1.60. The lowest BCUT2D eigenvalue weighted by atomic mass is 10.1. The monoisotopic (exact) mass is 456 g/mol. The number of carbonyl (C=O) groups is 1. The zero-order valence-electron chi connectivity index (χ0n) is 15.4. The van der Waals surface area contributed by atoms with Crippen molar-refractivity contribution in [1.29, 1.82) is 0 Å². The molecule has 2 amide bonds. The fraction of sp³-hybridized carbons (Fsp3) is 0. The zero-order valence-corrected chi connectivity index (χ0v) is 17.7. The van der Waals surface area contributed by atoms with Crippen LogP contribution in [0.1, 0.15) is 0 Å². The second-order valence-electron chi connectivity index (χ2n) is 6.61. The van der Waals surface area contributed by atoms with E-state index < -0.39 is 6.03 Å². The molecule has 0 fully saturated rings. The molecule has 0 saturated heterocycles. The van der Waals surface area contributed by atoms with E-state index in [4.69, 9.17) is 34.8 Å². The van der Waals surface area contributed by atoms with Crippen molar-refractivity contribution in [1.82, 2.24) is 0 Å². The van der Waals surface area contributed by atoms with Crippen LogP contribution >= 0.6 is 34.8 Å². The van der Waals surface area contributed by atoms with Gasteiger partial charge < -0.3 is 15.7 Å². The number of benzene rings is 4. The van der Waals surface area contributed by atoms with Gasteiger partial charge in [0.1, 0.15) is 5.75 Å². The fourth-order valence-electron chi connectivity index (χ4n) is 3.16. The van der Waals surface area contributed by atoms with Gasteiger partial charge in [-0.2, -0.15) is 0 Å². The summed E-state index contributed by atoms with van der Waals surface area (Å²) in [5.74, 6) is 0.0416. The molecule has 0 aliphatic heterocycles. The van der Waals surface area contributed by atoms with Gasteiger partial charge in [-0.1, -0.05) is 59.1 Å². The maximum Gasteiger partial charge on any atom is 0.323 e. The molecule has 150 valence electrons. The Labute approximate surface area is 188 Å². The van der Waals surface area contributed by atoms with E-state index in [9.17, 15) is 9.90 Å². The lowest BCUT2D eigenvalue weighted by molar-refractivity contribution is 0.262. The Bertz CT molecular complexity index is 1260. The van der Waals surface area contributed by atoms with E-state index in [0.29, 0.717) is 32.2 Å². The predicted molar refractivity (Wildman–Crippen MR) is 125 cm³/mol. The van der Waals surface area contributed by atoms with E-state index in [2.05, 4.69) is 10.6 Å². The molecule has 0 aliphatic carbocycles. The molecule has 0 unspecified atom stereocenters. The normalized spacial score (nSPS) is 10.8. The number of halogens is 3. The molecule has 30 heavy (non-hydrogen) atoms. The summed E-state index contributed by atoms with van der Waals surface area (Å²) in [6, 6.07) is 20.7. The number of anilines is 2. The van der Waals surface area contributed by atoms with Crippen molar-refractivity contribution < 1.29 is 9.90 Å². The maximum atomic E-state index is 12.6. The average molecular weight is 458 g/mol. The molecular formula is C23H15Cl3N2O2. The Morgan fingerprint density at radius 1 is 0.733 bits per heavy atom. The molecule has 7 heteroatoms. The van der Waals surface area contributed by atoms with Crippen molar-refractivity contribution in [2.45, 2.75) is 0 Å². The van der Waals surface area contributed by atoms with Crippen LogP contribution in [0, 0.1) is 0 Å². The molecule has 4 aromatic carbocycles. The Morgan fingerprint density at radius 3 is 2.27 bits per heavy atom. The quantitative estimate of drug-likeness (QED) is 0.294. The van der Waals surface area contributed by atoms with E-state index >= 15 is 0 Å². The maximum absolute atomic E-state index is 12.6. The SMILES string of the molecule is O=C(Nc1cccc(-c2ccc(Cl)cc2)c1)Nc1c(Cl)cc(Cl)c2ccc(O)cc12. The van der Waals surface area contributed by atoms with Crippen LogP contribution in [0.25, 0.3) is 21.9 Å². The van der Waals surface area contributed by atoms with E-state index in [1.54, 1.807) is 18.2 Å². The molecule has 0 saturated carbocycles. The number of hydrogen-bond donors (Lipinski definition) is 3. The molecule has 3 N–H and O–H groups in total. The number of aromatic hydroxyl groups is 1. The summed E-state index contributed by atoms with van der Waals surface area (Å²) in [7, 11) is 0. The standard InChI is InChI=1S/C23H15Cl3N2O2/c24-15-6-4-13(5-7-15)14-2-1-3-16(10-14)27-23(30)28-22-19-11-17(29)8-9-18(19)20(25)12-21(22)26/h1-12,29H,(H2,27,28,30). The van der Waals surface area contributed by atoms with Crippen molar-refractivity contribution in [2.24, 2.45) is 0 Å². The van der Waals surface area contributed by atoms with Gasteiger partial charge in [-0.05, 0) is 59.7 Å². The average Bonchev–Trinajstić information content (AvgIpc) is 2.71. The predicted octanol–water partition coefficient (Wildman–Crippen LogP) is 7.82. The van der Waals surface area contributed by atoms with Gasteiger partial charge in [0.2, 0.25) is 0 Å². The molecule has 0 bridgehead atoms. The van der Waals surface area contributed by atoms with Gasteiger partial charge in [0.25, 0.3) is 0 Å². The van der Waals surface area contributed by atoms with Crippen molar-refractivity contribution >= 4 is 63.0 Å². The smallest absolute Gasteiger partial charge is 0.323 e. The molecule has 0 heterocycles. The van der Waals surface area contributed by atoms with Crippen molar-refractivity contribution in [3.63, 3.8) is 0 Å². The molecule has 4 nitrogen and oxygen atoms in total. The number of nitrogens with one attached hydrogen (secondary N) is 2. The molecule has 0 radical (unpaired) electrons. The van der Waals surface area contributed by atoms with Crippen LogP contribution in [0.4, 0.5) is 16.2 Å². The van der Waals surface area contributed by atoms with Crippen LogP contribution in [0.15, 0.2) is 72.8 Å². The van der Waals surface area contributed by atoms with Crippen molar-refractivity contribution in [2.75, 3.05) is 10.6 Å². The van der Waals surface area contributed by atoms with Gasteiger partial charge in [-0.3, -0.25) is 0 Å². The first-order valence-corrected chi connectivity index (χ1v) is 10.1. The topological polar surface area (TPSA) is 61.4 Å². The first-order chi connectivity index (χ1) is 14.4. The van der Waals surface area contributed by atoms with Gasteiger partial charge >= 0.3 is 6.03 Å². The third-order valence-corrected chi connectivity index (χ3v) is 5.42. The third-order valence-electron chi connectivity index (χ3n) is 4.56. The second kappa shape index (κ2) is 8.44. The van der Waals surface area contributed by atoms with E-state index in [1.165, 1.54) is 12.1 Å².